The third-order valence-corrected chi connectivity index (χ3v) is 2.81. The minimum absolute atomic E-state index is 0.300. The van der Waals surface area contributed by atoms with E-state index in [0.29, 0.717) is 0 Å². The molecule has 1 saturated heterocycles. The Labute approximate surface area is 74.6 Å². The molecule has 0 radical (unpaired) electrons. The third kappa shape index (κ3) is 1.97. The highest BCUT2D eigenvalue weighted by Gasteiger charge is 2.33. The lowest BCUT2D eigenvalue weighted by atomic mass is 10.0. The van der Waals surface area contributed by atoms with Crippen LogP contribution in [0.3, 0.4) is 0 Å². The number of piperidine rings is 1. The summed E-state index contributed by atoms with van der Waals surface area (Å²) in [5.74, 6) is -0.300. The molecule has 0 aromatic carbocycles. The lowest BCUT2D eigenvalue weighted by Gasteiger charge is -2.39. The van der Waals surface area contributed by atoms with Crippen molar-refractivity contribution in [1.29, 1.82) is 0 Å². The monoisotopic (exact) mass is 173 g/mol. The van der Waals surface area contributed by atoms with Crippen molar-refractivity contribution in [2.24, 2.45) is 0 Å². The van der Waals surface area contributed by atoms with Crippen LogP contribution in [-0.4, -0.2) is 44.5 Å². The van der Waals surface area contributed by atoms with E-state index in [1.165, 1.54) is 0 Å². The van der Waals surface area contributed by atoms with Gasteiger partial charge in [0.25, 0.3) is 0 Å². The van der Waals surface area contributed by atoms with E-state index in [-0.39, 0.29) is 5.79 Å². The minimum atomic E-state index is -0.300. The maximum absolute atomic E-state index is 5.37. The Morgan fingerprint density at radius 2 is 1.67 bits per heavy atom. The molecule has 0 N–H and O–H groups in total. The molecule has 1 aliphatic heterocycles. The van der Waals surface area contributed by atoms with Gasteiger partial charge in [-0.2, -0.15) is 0 Å². The number of hydrogen-bond donors (Lipinski definition) is 0. The van der Waals surface area contributed by atoms with Crippen molar-refractivity contribution in [2.75, 3.05) is 33.9 Å². The minimum Gasteiger partial charge on any atom is -0.353 e. The van der Waals surface area contributed by atoms with Crippen molar-refractivity contribution in [3.05, 3.63) is 0 Å². The molecule has 0 aliphatic carbocycles. The maximum Gasteiger partial charge on any atom is 0.169 e. The first kappa shape index (κ1) is 9.96. The average molecular weight is 173 g/mol. The zero-order chi connectivity index (χ0) is 9.03. The molecule has 0 unspecified atom stereocenters. The number of ether oxygens (including phenoxy) is 2. The predicted molar refractivity (Wildman–Crippen MR) is 48.1 cm³/mol. The molecule has 0 saturated carbocycles. The summed E-state index contributed by atoms with van der Waals surface area (Å²) in [5, 5.41) is 0. The third-order valence-electron chi connectivity index (χ3n) is 2.81. The van der Waals surface area contributed by atoms with Gasteiger partial charge in [-0.25, -0.2) is 0 Å². The first-order chi connectivity index (χ1) is 5.76. The molecule has 1 aliphatic rings. The normalized spacial score (nSPS) is 24.2. The molecule has 1 heterocycles. The maximum atomic E-state index is 5.37. The molecular weight excluding hydrogens is 154 g/mol. The van der Waals surface area contributed by atoms with Gasteiger partial charge >= 0.3 is 0 Å². The van der Waals surface area contributed by atoms with Gasteiger partial charge in [0, 0.05) is 40.2 Å². The Morgan fingerprint density at radius 1 is 1.17 bits per heavy atom. The summed E-state index contributed by atoms with van der Waals surface area (Å²) >= 11 is 0. The number of hydrogen-bond acceptors (Lipinski definition) is 3. The Kier molecular flexibility index (Phi) is 3.50. The van der Waals surface area contributed by atoms with Crippen molar-refractivity contribution in [1.82, 2.24) is 4.90 Å². The fourth-order valence-corrected chi connectivity index (χ4v) is 1.70. The van der Waals surface area contributed by atoms with Gasteiger partial charge in [0.05, 0.1) is 0 Å². The van der Waals surface area contributed by atoms with E-state index in [2.05, 4.69) is 11.8 Å². The second kappa shape index (κ2) is 4.21. The van der Waals surface area contributed by atoms with E-state index in [9.17, 15) is 0 Å². The fourth-order valence-electron chi connectivity index (χ4n) is 1.70. The molecule has 12 heavy (non-hydrogen) atoms. The number of methoxy groups -OCH3 is 2. The molecular formula is C9H19NO2. The zero-order valence-electron chi connectivity index (χ0n) is 8.30. The largest absolute Gasteiger partial charge is 0.353 e. The second-order valence-corrected chi connectivity index (χ2v) is 3.25. The van der Waals surface area contributed by atoms with E-state index >= 15 is 0 Å². The van der Waals surface area contributed by atoms with E-state index in [4.69, 9.17) is 9.47 Å². The number of rotatable bonds is 3. The molecule has 72 valence electrons. The summed E-state index contributed by atoms with van der Waals surface area (Å²) in [5.41, 5.74) is 0. The van der Waals surface area contributed by atoms with Gasteiger partial charge < -0.3 is 14.4 Å². The molecule has 3 heteroatoms. The Bertz CT molecular complexity index is 124. The first-order valence-corrected chi connectivity index (χ1v) is 4.59. The van der Waals surface area contributed by atoms with Gasteiger partial charge in [-0.1, -0.05) is 6.92 Å². The van der Waals surface area contributed by atoms with Crippen LogP contribution in [0.4, 0.5) is 0 Å². The van der Waals surface area contributed by atoms with Gasteiger partial charge in [-0.05, 0) is 6.54 Å². The lowest BCUT2D eigenvalue weighted by Crippen LogP contribution is -2.46. The number of likely N-dealkylation sites (tertiary alicyclic amines) is 1. The standard InChI is InChI=1S/C9H19NO2/c1-4-10-7-5-9(11-2,12-3)6-8-10/h4-8H2,1-3H3. The van der Waals surface area contributed by atoms with Crippen LogP contribution in [-0.2, 0) is 9.47 Å². The summed E-state index contributed by atoms with van der Waals surface area (Å²) < 4.78 is 10.7. The predicted octanol–water partition coefficient (Wildman–Crippen LogP) is 1.09. The smallest absolute Gasteiger partial charge is 0.169 e. The highest BCUT2D eigenvalue weighted by Crippen LogP contribution is 2.25. The first-order valence-electron chi connectivity index (χ1n) is 4.59. The fraction of sp³-hybridized carbons (Fsp3) is 1.00. The van der Waals surface area contributed by atoms with Crippen LogP contribution >= 0.6 is 0 Å². The van der Waals surface area contributed by atoms with Gasteiger partial charge in [0.1, 0.15) is 0 Å². The Balaban J connectivity index is 2.42. The lowest BCUT2D eigenvalue weighted by molar-refractivity contribution is -0.228. The van der Waals surface area contributed by atoms with Crippen LogP contribution in [0.2, 0.25) is 0 Å². The highest BCUT2D eigenvalue weighted by molar-refractivity contribution is 4.78. The average Bonchev–Trinajstić information content (AvgIpc) is 2.18. The quantitative estimate of drug-likeness (QED) is 0.596. The zero-order valence-corrected chi connectivity index (χ0v) is 8.30. The molecule has 1 fully saturated rings. The van der Waals surface area contributed by atoms with Crippen molar-refractivity contribution in [2.45, 2.75) is 25.6 Å². The van der Waals surface area contributed by atoms with E-state index in [0.717, 1.165) is 32.5 Å². The SMILES string of the molecule is CCN1CCC(OC)(OC)CC1. The van der Waals surface area contributed by atoms with Crippen LogP contribution in [0.15, 0.2) is 0 Å². The second-order valence-electron chi connectivity index (χ2n) is 3.25. The van der Waals surface area contributed by atoms with E-state index in [1.807, 2.05) is 0 Å². The van der Waals surface area contributed by atoms with Crippen molar-refractivity contribution >= 4 is 0 Å². The van der Waals surface area contributed by atoms with Gasteiger partial charge in [-0.3, -0.25) is 0 Å². The van der Waals surface area contributed by atoms with Gasteiger partial charge in [-0.15, -0.1) is 0 Å². The van der Waals surface area contributed by atoms with Crippen LogP contribution < -0.4 is 0 Å². The topological polar surface area (TPSA) is 21.7 Å². The van der Waals surface area contributed by atoms with Crippen LogP contribution in [0.1, 0.15) is 19.8 Å². The Hall–Kier alpha value is -0.120. The molecule has 3 nitrogen and oxygen atoms in total. The molecule has 1 rings (SSSR count). The summed E-state index contributed by atoms with van der Waals surface area (Å²) in [6.45, 7) is 5.48. The van der Waals surface area contributed by atoms with Crippen LogP contribution in [0.5, 0.6) is 0 Å². The summed E-state index contributed by atoms with van der Waals surface area (Å²) in [6.07, 6.45) is 1.96. The summed E-state index contributed by atoms with van der Waals surface area (Å²) in [4.78, 5) is 2.41. The molecule has 0 aromatic heterocycles. The molecule has 0 bridgehead atoms. The molecule has 0 atom stereocenters. The van der Waals surface area contributed by atoms with Crippen LogP contribution in [0, 0.1) is 0 Å². The van der Waals surface area contributed by atoms with E-state index < -0.39 is 0 Å². The van der Waals surface area contributed by atoms with Gasteiger partial charge in [0.15, 0.2) is 5.79 Å². The molecule has 0 amide bonds. The molecule has 0 spiro atoms. The highest BCUT2D eigenvalue weighted by atomic mass is 16.7. The number of nitrogens with zero attached hydrogens (tertiary/aromatic N) is 1. The van der Waals surface area contributed by atoms with Crippen molar-refractivity contribution in [3.8, 4) is 0 Å². The van der Waals surface area contributed by atoms with Crippen LogP contribution in [0.25, 0.3) is 0 Å². The molecule has 0 aromatic rings. The van der Waals surface area contributed by atoms with Gasteiger partial charge in [0.2, 0.25) is 0 Å². The Morgan fingerprint density at radius 3 is 2.00 bits per heavy atom. The van der Waals surface area contributed by atoms with Crippen molar-refractivity contribution in [3.63, 3.8) is 0 Å². The summed E-state index contributed by atoms with van der Waals surface area (Å²) in [7, 11) is 3.45. The van der Waals surface area contributed by atoms with E-state index in [1.54, 1.807) is 14.2 Å². The summed E-state index contributed by atoms with van der Waals surface area (Å²) in [6, 6.07) is 0. The van der Waals surface area contributed by atoms with Crippen molar-refractivity contribution < 1.29 is 9.47 Å².